The quantitative estimate of drug-likeness (QED) is 0.612. The summed E-state index contributed by atoms with van der Waals surface area (Å²) in [7, 11) is 0. The lowest BCUT2D eigenvalue weighted by Crippen LogP contribution is -2.60. The smallest absolute Gasteiger partial charge is 0.314 e. The summed E-state index contributed by atoms with van der Waals surface area (Å²) in [5.41, 5.74) is 3.41. The van der Waals surface area contributed by atoms with Crippen LogP contribution in [0.3, 0.4) is 0 Å². The molecule has 4 rings (SSSR count). The molecule has 1 saturated heterocycles. The molecule has 1 aromatic carbocycles. The van der Waals surface area contributed by atoms with Gasteiger partial charge in [0.05, 0.1) is 13.1 Å². The molecule has 1 fully saturated rings. The first-order valence-corrected chi connectivity index (χ1v) is 9.98. The zero-order valence-corrected chi connectivity index (χ0v) is 16.9. The van der Waals surface area contributed by atoms with E-state index in [0.717, 1.165) is 5.01 Å². The SMILES string of the molecule is O=C(NCC(F)F)C1CC(F)(F)CCN1N1Cc2ccc(C3NN=C(C(F)F)O3)cc2C1=O. The Kier molecular flexibility index (Phi) is 6.12. The number of fused-ring (bicyclic) bond motifs is 1. The number of hydrazone groups is 1. The van der Waals surface area contributed by atoms with Crippen molar-refractivity contribution in [2.75, 3.05) is 13.1 Å². The van der Waals surface area contributed by atoms with E-state index in [1.165, 1.54) is 17.1 Å². The van der Waals surface area contributed by atoms with Gasteiger partial charge in [0, 0.05) is 30.5 Å². The Morgan fingerprint density at radius 3 is 2.73 bits per heavy atom. The van der Waals surface area contributed by atoms with Gasteiger partial charge < -0.3 is 10.1 Å². The third kappa shape index (κ3) is 4.70. The fraction of sp³-hybridized carbons (Fsp3) is 0.526. The average molecular weight is 479 g/mol. The molecule has 0 saturated carbocycles. The van der Waals surface area contributed by atoms with Gasteiger partial charge in [-0.2, -0.15) is 8.78 Å². The van der Waals surface area contributed by atoms with Gasteiger partial charge in [0.1, 0.15) is 6.04 Å². The van der Waals surface area contributed by atoms with Crippen molar-refractivity contribution in [2.24, 2.45) is 5.10 Å². The molecule has 0 aliphatic carbocycles. The molecule has 0 radical (unpaired) electrons. The van der Waals surface area contributed by atoms with Gasteiger partial charge in [0.15, 0.2) is 0 Å². The monoisotopic (exact) mass is 479 g/mol. The normalized spacial score (nSPS) is 24.5. The second-order valence-electron chi connectivity index (χ2n) is 7.78. The lowest BCUT2D eigenvalue weighted by Gasteiger charge is -2.42. The molecule has 33 heavy (non-hydrogen) atoms. The predicted octanol–water partition coefficient (Wildman–Crippen LogP) is 2.24. The highest BCUT2D eigenvalue weighted by atomic mass is 19.3. The molecule has 0 bridgehead atoms. The van der Waals surface area contributed by atoms with E-state index in [9.17, 15) is 35.9 Å². The predicted molar refractivity (Wildman–Crippen MR) is 100 cm³/mol. The maximum atomic E-state index is 14.0. The van der Waals surface area contributed by atoms with Gasteiger partial charge in [0.25, 0.3) is 24.2 Å². The summed E-state index contributed by atoms with van der Waals surface area (Å²) >= 11 is 0. The lowest BCUT2D eigenvalue weighted by molar-refractivity contribution is -0.158. The highest BCUT2D eigenvalue weighted by molar-refractivity contribution is 5.98. The largest absolute Gasteiger partial charge is 0.446 e. The van der Waals surface area contributed by atoms with Crippen molar-refractivity contribution in [3.63, 3.8) is 0 Å². The van der Waals surface area contributed by atoms with Crippen molar-refractivity contribution in [3.05, 3.63) is 34.9 Å². The number of alkyl halides is 6. The number of carbonyl (C=O) groups is 2. The number of ether oxygens (including phenoxy) is 1. The fourth-order valence-corrected chi connectivity index (χ4v) is 3.95. The molecule has 3 heterocycles. The Balaban J connectivity index is 1.52. The minimum absolute atomic E-state index is 0.0314. The van der Waals surface area contributed by atoms with Crippen LogP contribution in [0.15, 0.2) is 23.3 Å². The van der Waals surface area contributed by atoms with Crippen molar-refractivity contribution >= 4 is 17.7 Å². The van der Waals surface area contributed by atoms with Crippen molar-refractivity contribution in [2.45, 2.75) is 50.4 Å². The summed E-state index contributed by atoms with van der Waals surface area (Å²) in [5.74, 6) is -5.61. The van der Waals surface area contributed by atoms with Crippen molar-refractivity contribution < 1.29 is 40.7 Å². The first-order valence-electron chi connectivity index (χ1n) is 9.98. The van der Waals surface area contributed by atoms with Crippen LogP contribution in [0.4, 0.5) is 26.3 Å². The first-order chi connectivity index (χ1) is 15.6. The summed E-state index contributed by atoms with van der Waals surface area (Å²) in [6.07, 6.45) is -8.36. The fourth-order valence-electron chi connectivity index (χ4n) is 3.95. The van der Waals surface area contributed by atoms with Crippen LogP contribution < -0.4 is 10.7 Å². The van der Waals surface area contributed by atoms with E-state index in [1.807, 2.05) is 5.32 Å². The number of hydrogen-bond donors (Lipinski definition) is 2. The molecule has 1 aromatic rings. The van der Waals surface area contributed by atoms with Gasteiger partial charge in [-0.25, -0.2) is 22.6 Å². The third-order valence-corrected chi connectivity index (χ3v) is 5.54. The van der Waals surface area contributed by atoms with Gasteiger partial charge in [-0.1, -0.05) is 12.1 Å². The molecule has 0 spiro atoms. The van der Waals surface area contributed by atoms with Gasteiger partial charge in [-0.05, 0) is 11.6 Å². The summed E-state index contributed by atoms with van der Waals surface area (Å²) in [6, 6.07) is 2.98. The number of carbonyl (C=O) groups excluding carboxylic acids is 2. The number of benzene rings is 1. The van der Waals surface area contributed by atoms with E-state index in [1.54, 1.807) is 6.07 Å². The van der Waals surface area contributed by atoms with Gasteiger partial charge >= 0.3 is 6.43 Å². The minimum atomic E-state index is -3.19. The Hall–Kier alpha value is -3.03. The van der Waals surface area contributed by atoms with Gasteiger partial charge in [0.2, 0.25) is 12.1 Å². The van der Waals surface area contributed by atoms with Crippen molar-refractivity contribution in [3.8, 4) is 0 Å². The number of hydrazine groups is 1. The zero-order chi connectivity index (χ0) is 23.9. The molecule has 14 heteroatoms. The molecule has 8 nitrogen and oxygen atoms in total. The lowest BCUT2D eigenvalue weighted by atomic mass is 9.99. The zero-order valence-electron chi connectivity index (χ0n) is 16.9. The van der Waals surface area contributed by atoms with E-state index in [0.29, 0.717) is 11.1 Å². The van der Waals surface area contributed by atoms with Gasteiger partial charge in [-0.15, -0.1) is 5.10 Å². The molecular formula is C19H19F6N5O3. The highest BCUT2D eigenvalue weighted by Crippen LogP contribution is 2.36. The van der Waals surface area contributed by atoms with Crippen LogP contribution in [0, 0.1) is 0 Å². The van der Waals surface area contributed by atoms with E-state index >= 15 is 0 Å². The van der Waals surface area contributed by atoms with Crippen LogP contribution in [0.25, 0.3) is 0 Å². The number of amides is 2. The highest BCUT2D eigenvalue weighted by Gasteiger charge is 2.48. The van der Waals surface area contributed by atoms with Crippen LogP contribution in [0.2, 0.25) is 0 Å². The summed E-state index contributed by atoms with van der Waals surface area (Å²) in [6.45, 7) is -1.37. The first kappa shape index (κ1) is 23.1. The van der Waals surface area contributed by atoms with Crippen LogP contribution in [-0.4, -0.2) is 65.6 Å². The number of nitrogens with one attached hydrogen (secondary N) is 2. The summed E-state index contributed by atoms with van der Waals surface area (Å²) in [4.78, 5) is 25.5. The average Bonchev–Trinajstić information content (AvgIpc) is 3.37. The standard InChI is InChI=1S/C19H19F6N5O3/c20-13(21)7-26-15(31)12-6-19(24,25)3-4-29(12)30-8-10-2-1-9(5-11(10)18(30)32)16-27-28-17(33-16)14(22)23/h1-2,5,12-14,16,27H,3-4,6-8H2,(H,26,31). The number of nitrogens with zero attached hydrogens (tertiary/aromatic N) is 3. The number of halogens is 6. The molecule has 2 atom stereocenters. The Bertz CT molecular complexity index is 975. The Morgan fingerprint density at radius 2 is 2.06 bits per heavy atom. The Morgan fingerprint density at radius 1 is 1.30 bits per heavy atom. The van der Waals surface area contributed by atoms with Crippen LogP contribution in [0.1, 0.15) is 40.6 Å². The number of hydrogen-bond acceptors (Lipinski definition) is 6. The maximum absolute atomic E-state index is 14.0. The number of rotatable bonds is 6. The van der Waals surface area contributed by atoms with E-state index in [2.05, 4.69) is 10.5 Å². The molecule has 2 N–H and O–H groups in total. The molecule has 0 aromatic heterocycles. The molecule has 3 aliphatic rings. The summed E-state index contributed by atoms with van der Waals surface area (Å²) in [5, 5.41) is 7.62. The van der Waals surface area contributed by atoms with E-state index < -0.39 is 68.1 Å². The summed E-state index contributed by atoms with van der Waals surface area (Å²) < 4.78 is 83.5. The molecule has 2 unspecified atom stereocenters. The van der Waals surface area contributed by atoms with Crippen LogP contribution in [-0.2, 0) is 16.1 Å². The number of piperidine rings is 1. The maximum Gasteiger partial charge on any atom is 0.314 e. The molecule has 3 aliphatic heterocycles. The molecule has 2 amide bonds. The minimum Gasteiger partial charge on any atom is -0.446 e. The van der Waals surface area contributed by atoms with Crippen LogP contribution in [0.5, 0.6) is 0 Å². The van der Waals surface area contributed by atoms with E-state index in [-0.39, 0.29) is 18.7 Å². The second kappa shape index (κ2) is 8.72. The third-order valence-electron chi connectivity index (χ3n) is 5.54. The van der Waals surface area contributed by atoms with Crippen molar-refractivity contribution in [1.29, 1.82) is 0 Å². The van der Waals surface area contributed by atoms with Crippen LogP contribution >= 0.6 is 0 Å². The Labute approximate surface area is 183 Å². The molecular weight excluding hydrogens is 460 g/mol. The second-order valence-corrected chi connectivity index (χ2v) is 7.78. The topological polar surface area (TPSA) is 86.3 Å². The van der Waals surface area contributed by atoms with Crippen molar-refractivity contribution in [1.82, 2.24) is 20.8 Å². The molecule has 180 valence electrons. The van der Waals surface area contributed by atoms with Gasteiger partial charge in [-0.3, -0.25) is 20.0 Å². The van der Waals surface area contributed by atoms with E-state index in [4.69, 9.17) is 4.74 Å².